The standard InChI is InChI=1S/C25H28F3N3O3/c26-25(27,28)20-7-5-19(6-8-20)24(33)31-13-10-18(11-14-31)23(32)30-16-17-9-12-29-22(15-17)34-21-3-1-2-4-21/h5-9,12,15,18,21H,1-4,10-11,13-14,16H2,(H,30,32). The first-order valence-corrected chi connectivity index (χ1v) is 11.7. The third-order valence-electron chi connectivity index (χ3n) is 6.47. The zero-order valence-corrected chi connectivity index (χ0v) is 18.8. The molecular formula is C25H28F3N3O3. The fraction of sp³-hybridized carbons (Fsp3) is 0.480. The van der Waals surface area contributed by atoms with E-state index in [-0.39, 0.29) is 29.4 Å². The summed E-state index contributed by atoms with van der Waals surface area (Å²) in [6.45, 7) is 1.13. The van der Waals surface area contributed by atoms with Gasteiger partial charge in [-0.15, -0.1) is 0 Å². The molecule has 182 valence electrons. The molecule has 9 heteroatoms. The summed E-state index contributed by atoms with van der Waals surface area (Å²) in [4.78, 5) is 31.1. The summed E-state index contributed by atoms with van der Waals surface area (Å²) in [6, 6.07) is 7.91. The lowest BCUT2D eigenvalue weighted by atomic mass is 9.95. The number of likely N-dealkylation sites (tertiary alicyclic amines) is 1. The molecule has 0 unspecified atom stereocenters. The van der Waals surface area contributed by atoms with Gasteiger partial charge >= 0.3 is 6.18 Å². The minimum Gasteiger partial charge on any atom is -0.474 e. The van der Waals surface area contributed by atoms with Gasteiger partial charge in [0.15, 0.2) is 0 Å². The Morgan fingerprint density at radius 3 is 2.35 bits per heavy atom. The number of nitrogens with zero attached hydrogens (tertiary/aromatic N) is 2. The number of benzene rings is 1. The molecule has 0 bridgehead atoms. The van der Waals surface area contributed by atoms with Crippen LogP contribution in [-0.2, 0) is 17.5 Å². The van der Waals surface area contributed by atoms with E-state index in [2.05, 4.69) is 10.3 Å². The highest BCUT2D eigenvalue weighted by Crippen LogP contribution is 2.29. The number of carbonyl (C=O) groups excluding carboxylic acids is 2. The predicted octanol–water partition coefficient (Wildman–Crippen LogP) is 4.59. The molecular weight excluding hydrogens is 447 g/mol. The number of nitrogens with one attached hydrogen (secondary N) is 1. The number of amides is 2. The minimum atomic E-state index is -4.44. The molecule has 2 aliphatic rings. The third-order valence-corrected chi connectivity index (χ3v) is 6.47. The van der Waals surface area contributed by atoms with E-state index in [0.717, 1.165) is 30.5 Å². The van der Waals surface area contributed by atoms with Crippen molar-refractivity contribution in [3.05, 3.63) is 59.3 Å². The Balaban J connectivity index is 1.24. The van der Waals surface area contributed by atoms with Crippen molar-refractivity contribution < 1.29 is 27.5 Å². The lowest BCUT2D eigenvalue weighted by molar-refractivity contribution is -0.137. The number of hydrogen-bond acceptors (Lipinski definition) is 4. The van der Waals surface area contributed by atoms with E-state index in [1.807, 2.05) is 12.1 Å². The highest BCUT2D eigenvalue weighted by Gasteiger charge is 2.31. The minimum absolute atomic E-state index is 0.0725. The van der Waals surface area contributed by atoms with Gasteiger partial charge in [0, 0.05) is 43.4 Å². The van der Waals surface area contributed by atoms with E-state index in [1.54, 1.807) is 11.1 Å². The molecule has 2 fully saturated rings. The molecule has 4 rings (SSSR count). The number of aromatic nitrogens is 1. The quantitative estimate of drug-likeness (QED) is 0.664. The summed E-state index contributed by atoms with van der Waals surface area (Å²) in [5.41, 5.74) is 0.335. The Kier molecular flexibility index (Phi) is 7.38. The number of halogens is 3. The average molecular weight is 476 g/mol. The largest absolute Gasteiger partial charge is 0.474 e. The number of piperidine rings is 1. The SMILES string of the molecule is O=C(NCc1ccnc(OC2CCCC2)c1)C1CCN(C(=O)c2ccc(C(F)(F)F)cc2)CC1. The summed E-state index contributed by atoms with van der Waals surface area (Å²) >= 11 is 0. The number of hydrogen-bond donors (Lipinski definition) is 1. The third kappa shape index (κ3) is 6.07. The van der Waals surface area contributed by atoms with Crippen LogP contribution in [0.25, 0.3) is 0 Å². The van der Waals surface area contributed by atoms with Crippen molar-refractivity contribution in [3.63, 3.8) is 0 Å². The summed E-state index contributed by atoms with van der Waals surface area (Å²) < 4.78 is 44.1. The van der Waals surface area contributed by atoms with Crippen LogP contribution in [0.4, 0.5) is 13.2 Å². The molecule has 0 atom stereocenters. The van der Waals surface area contributed by atoms with Crippen molar-refractivity contribution >= 4 is 11.8 Å². The van der Waals surface area contributed by atoms with Gasteiger partial charge < -0.3 is 15.0 Å². The van der Waals surface area contributed by atoms with E-state index in [0.29, 0.717) is 38.4 Å². The van der Waals surface area contributed by atoms with Gasteiger partial charge in [-0.05, 0) is 74.4 Å². The van der Waals surface area contributed by atoms with E-state index < -0.39 is 11.7 Å². The number of carbonyl (C=O) groups is 2. The summed E-state index contributed by atoms with van der Waals surface area (Å²) in [5, 5.41) is 2.95. The Hall–Kier alpha value is -3.10. The van der Waals surface area contributed by atoms with Gasteiger partial charge in [0.2, 0.25) is 11.8 Å². The fourth-order valence-electron chi connectivity index (χ4n) is 4.46. The van der Waals surface area contributed by atoms with Crippen LogP contribution in [0.5, 0.6) is 5.88 Å². The molecule has 0 spiro atoms. The normalized spacial score (nSPS) is 17.6. The number of rotatable bonds is 6. The fourth-order valence-corrected chi connectivity index (χ4v) is 4.46. The molecule has 1 aliphatic heterocycles. The van der Waals surface area contributed by atoms with E-state index in [4.69, 9.17) is 4.74 Å². The van der Waals surface area contributed by atoms with Gasteiger partial charge in [-0.1, -0.05) is 0 Å². The van der Waals surface area contributed by atoms with Gasteiger partial charge in [0.1, 0.15) is 6.10 Å². The van der Waals surface area contributed by atoms with E-state index in [1.165, 1.54) is 25.0 Å². The lowest BCUT2D eigenvalue weighted by Gasteiger charge is -2.31. The molecule has 1 saturated carbocycles. The number of pyridine rings is 1. The molecule has 2 aromatic rings. The molecule has 0 radical (unpaired) electrons. The van der Waals surface area contributed by atoms with Crippen LogP contribution in [0.3, 0.4) is 0 Å². The van der Waals surface area contributed by atoms with Crippen molar-refractivity contribution in [3.8, 4) is 5.88 Å². The Labute approximate surface area is 196 Å². The molecule has 1 N–H and O–H groups in total. The zero-order valence-electron chi connectivity index (χ0n) is 18.8. The molecule has 6 nitrogen and oxygen atoms in total. The maximum Gasteiger partial charge on any atom is 0.416 e. The van der Waals surface area contributed by atoms with Crippen LogP contribution in [0.2, 0.25) is 0 Å². The Morgan fingerprint density at radius 2 is 1.71 bits per heavy atom. The summed E-state index contributed by atoms with van der Waals surface area (Å²) in [7, 11) is 0. The first-order valence-electron chi connectivity index (χ1n) is 11.7. The maximum absolute atomic E-state index is 12.7. The Bertz CT molecular complexity index is 996. The smallest absolute Gasteiger partial charge is 0.416 e. The monoisotopic (exact) mass is 475 g/mol. The van der Waals surface area contributed by atoms with Crippen molar-refractivity contribution in [1.29, 1.82) is 0 Å². The Morgan fingerprint density at radius 1 is 1.03 bits per heavy atom. The van der Waals surface area contributed by atoms with Crippen LogP contribution < -0.4 is 10.1 Å². The van der Waals surface area contributed by atoms with Gasteiger partial charge in [0.25, 0.3) is 5.91 Å². The highest BCUT2D eigenvalue weighted by atomic mass is 19.4. The molecule has 1 aromatic heterocycles. The van der Waals surface area contributed by atoms with Crippen molar-refractivity contribution in [2.45, 2.75) is 57.3 Å². The zero-order chi connectivity index (χ0) is 24.1. The number of alkyl halides is 3. The van der Waals surface area contributed by atoms with E-state index >= 15 is 0 Å². The lowest BCUT2D eigenvalue weighted by Crippen LogP contribution is -2.42. The molecule has 1 saturated heterocycles. The van der Waals surface area contributed by atoms with Gasteiger partial charge in [0.05, 0.1) is 5.56 Å². The summed E-state index contributed by atoms with van der Waals surface area (Å²) in [5.74, 6) is -0.0303. The maximum atomic E-state index is 12.7. The second-order valence-electron chi connectivity index (χ2n) is 8.89. The first-order chi connectivity index (χ1) is 16.3. The molecule has 2 amide bonds. The topological polar surface area (TPSA) is 71.5 Å². The van der Waals surface area contributed by atoms with E-state index in [9.17, 15) is 22.8 Å². The van der Waals surface area contributed by atoms with Crippen molar-refractivity contribution in [2.75, 3.05) is 13.1 Å². The van der Waals surface area contributed by atoms with Crippen molar-refractivity contribution in [2.24, 2.45) is 5.92 Å². The molecule has 1 aliphatic carbocycles. The highest BCUT2D eigenvalue weighted by molar-refractivity contribution is 5.94. The van der Waals surface area contributed by atoms with Crippen LogP contribution in [0, 0.1) is 5.92 Å². The average Bonchev–Trinajstić information content (AvgIpc) is 3.35. The van der Waals surface area contributed by atoms with Crippen LogP contribution in [-0.4, -0.2) is 40.9 Å². The second kappa shape index (κ2) is 10.4. The number of ether oxygens (including phenoxy) is 1. The van der Waals surface area contributed by atoms with Crippen molar-refractivity contribution in [1.82, 2.24) is 15.2 Å². The molecule has 34 heavy (non-hydrogen) atoms. The molecule has 2 heterocycles. The first kappa shape index (κ1) is 24.0. The van der Waals surface area contributed by atoms with Gasteiger partial charge in [-0.25, -0.2) is 4.98 Å². The molecule has 1 aromatic carbocycles. The van der Waals surface area contributed by atoms with Crippen LogP contribution in [0.15, 0.2) is 42.6 Å². The summed E-state index contributed by atoms with van der Waals surface area (Å²) in [6.07, 6.45) is 2.91. The van der Waals surface area contributed by atoms with Gasteiger partial charge in [-0.3, -0.25) is 9.59 Å². The van der Waals surface area contributed by atoms with Crippen LogP contribution in [0.1, 0.15) is 60.0 Å². The predicted molar refractivity (Wildman–Crippen MR) is 119 cm³/mol. The van der Waals surface area contributed by atoms with Crippen LogP contribution >= 0.6 is 0 Å². The second-order valence-corrected chi connectivity index (χ2v) is 8.89. The van der Waals surface area contributed by atoms with Gasteiger partial charge in [-0.2, -0.15) is 13.2 Å².